The third kappa shape index (κ3) is 16.9. The van der Waals surface area contributed by atoms with Crippen LogP contribution in [0.4, 0.5) is 0 Å². The molecular weight excluding hydrogens is 608 g/mol. The standard InChI is InChI=1S/C24H38O4.C16H14O4/c1-3-5-7-9-11-15-19-27-23(25)21-17-13-14-18-22(21)24(26)28-20-16-12-10-8-6-4-2;17-15(13-7-3-1-4-8-13)19-11-12-20-16(18)14-9-5-2-6-10-14/h13-14,17-18H,3-12,15-16,19-20H2,1-2H3;1-10H,11-12H2. The Hall–Kier alpha value is -4.46. The van der Waals surface area contributed by atoms with Crippen LogP contribution in [0, 0.1) is 0 Å². The van der Waals surface area contributed by atoms with E-state index in [0.29, 0.717) is 35.5 Å². The van der Waals surface area contributed by atoms with E-state index in [-0.39, 0.29) is 13.2 Å². The quantitative estimate of drug-likeness (QED) is 0.0632. The molecule has 0 atom stereocenters. The van der Waals surface area contributed by atoms with E-state index in [1.807, 2.05) is 12.1 Å². The Morgan fingerprint density at radius 2 is 0.688 bits per heavy atom. The molecule has 0 aromatic heterocycles. The molecule has 0 radical (unpaired) electrons. The fourth-order valence-corrected chi connectivity index (χ4v) is 4.67. The summed E-state index contributed by atoms with van der Waals surface area (Å²) in [6.45, 7) is 5.24. The van der Waals surface area contributed by atoms with Gasteiger partial charge in [0.1, 0.15) is 13.2 Å². The van der Waals surface area contributed by atoms with Gasteiger partial charge in [0.15, 0.2) is 0 Å². The Morgan fingerprint density at radius 3 is 1.06 bits per heavy atom. The Bertz CT molecular complexity index is 1220. The molecule has 3 aromatic rings. The van der Waals surface area contributed by atoms with Gasteiger partial charge in [0, 0.05) is 0 Å². The Balaban J connectivity index is 0.000000351. The minimum Gasteiger partial charge on any atom is -0.462 e. The second-order valence-electron chi connectivity index (χ2n) is 11.4. The van der Waals surface area contributed by atoms with Crippen LogP contribution >= 0.6 is 0 Å². The number of rotatable bonds is 21. The molecule has 0 saturated carbocycles. The summed E-state index contributed by atoms with van der Waals surface area (Å²) in [5, 5.41) is 0. The van der Waals surface area contributed by atoms with Gasteiger partial charge in [-0.1, -0.05) is 127 Å². The maximum absolute atomic E-state index is 12.4. The van der Waals surface area contributed by atoms with E-state index in [1.165, 1.54) is 51.4 Å². The van der Waals surface area contributed by atoms with Gasteiger partial charge in [-0.2, -0.15) is 0 Å². The molecule has 8 heteroatoms. The fourth-order valence-electron chi connectivity index (χ4n) is 4.67. The predicted octanol–water partition coefficient (Wildman–Crippen LogP) is 9.42. The van der Waals surface area contributed by atoms with E-state index in [0.717, 1.165) is 25.7 Å². The molecule has 0 heterocycles. The first-order valence-electron chi connectivity index (χ1n) is 17.4. The minimum atomic E-state index is -0.444. The SMILES string of the molecule is CCCCCCCCOC(=O)c1ccccc1C(=O)OCCCCCCCC.O=C(OCCOC(=O)c1ccccc1)c1ccccc1. The summed E-state index contributed by atoms with van der Waals surface area (Å²) in [6.07, 6.45) is 13.6. The molecule has 3 aromatic carbocycles. The van der Waals surface area contributed by atoms with E-state index in [1.54, 1.807) is 72.8 Å². The van der Waals surface area contributed by atoms with Gasteiger partial charge in [-0.05, 0) is 49.2 Å². The first-order valence-corrected chi connectivity index (χ1v) is 17.4. The van der Waals surface area contributed by atoms with E-state index < -0.39 is 23.9 Å². The molecule has 3 rings (SSSR count). The molecule has 0 aliphatic heterocycles. The Labute approximate surface area is 286 Å². The number of hydrogen-bond donors (Lipinski definition) is 0. The molecule has 0 fully saturated rings. The summed E-state index contributed by atoms with van der Waals surface area (Å²) in [5.74, 6) is -1.75. The zero-order chi connectivity index (χ0) is 34.7. The van der Waals surface area contributed by atoms with E-state index in [2.05, 4.69) is 13.8 Å². The number of ether oxygens (including phenoxy) is 4. The van der Waals surface area contributed by atoms with Crippen molar-refractivity contribution in [1.82, 2.24) is 0 Å². The van der Waals surface area contributed by atoms with Crippen LogP contribution in [-0.2, 0) is 18.9 Å². The van der Waals surface area contributed by atoms with Crippen molar-refractivity contribution in [2.45, 2.75) is 90.9 Å². The maximum atomic E-state index is 12.4. The van der Waals surface area contributed by atoms with Crippen molar-refractivity contribution in [3.63, 3.8) is 0 Å². The number of carbonyl (C=O) groups is 4. The zero-order valence-corrected chi connectivity index (χ0v) is 28.7. The van der Waals surface area contributed by atoms with Crippen LogP contribution in [-0.4, -0.2) is 50.3 Å². The molecule has 260 valence electrons. The lowest BCUT2D eigenvalue weighted by Crippen LogP contribution is -2.15. The van der Waals surface area contributed by atoms with Gasteiger partial charge in [0.05, 0.1) is 35.5 Å². The van der Waals surface area contributed by atoms with Crippen molar-refractivity contribution in [3.05, 3.63) is 107 Å². The van der Waals surface area contributed by atoms with E-state index in [9.17, 15) is 19.2 Å². The number of benzene rings is 3. The van der Waals surface area contributed by atoms with Crippen LogP contribution in [0.15, 0.2) is 84.9 Å². The van der Waals surface area contributed by atoms with Gasteiger partial charge in [0.2, 0.25) is 0 Å². The van der Waals surface area contributed by atoms with Crippen molar-refractivity contribution in [2.24, 2.45) is 0 Å². The lowest BCUT2D eigenvalue weighted by molar-refractivity contribution is 0.0265. The third-order valence-electron chi connectivity index (χ3n) is 7.40. The second-order valence-corrected chi connectivity index (χ2v) is 11.4. The highest BCUT2D eigenvalue weighted by Gasteiger charge is 2.19. The van der Waals surface area contributed by atoms with Crippen LogP contribution < -0.4 is 0 Å². The average Bonchev–Trinajstić information content (AvgIpc) is 3.13. The van der Waals surface area contributed by atoms with E-state index in [4.69, 9.17) is 18.9 Å². The number of carbonyl (C=O) groups excluding carboxylic acids is 4. The summed E-state index contributed by atoms with van der Waals surface area (Å²) in [4.78, 5) is 47.9. The molecule has 0 aliphatic rings. The van der Waals surface area contributed by atoms with Crippen molar-refractivity contribution in [3.8, 4) is 0 Å². The van der Waals surface area contributed by atoms with Crippen molar-refractivity contribution in [2.75, 3.05) is 26.4 Å². The summed E-state index contributed by atoms with van der Waals surface area (Å²) in [6, 6.07) is 24.1. The molecule has 0 amide bonds. The largest absolute Gasteiger partial charge is 0.462 e. The molecule has 0 spiro atoms. The molecule has 0 N–H and O–H groups in total. The summed E-state index contributed by atoms with van der Waals surface area (Å²) in [7, 11) is 0. The molecule has 0 unspecified atom stereocenters. The van der Waals surface area contributed by atoms with Gasteiger partial charge in [-0.25, -0.2) is 19.2 Å². The van der Waals surface area contributed by atoms with E-state index >= 15 is 0 Å². The first kappa shape index (κ1) is 39.7. The smallest absolute Gasteiger partial charge is 0.339 e. The van der Waals surface area contributed by atoms with Crippen molar-refractivity contribution >= 4 is 23.9 Å². The first-order chi connectivity index (χ1) is 23.5. The van der Waals surface area contributed by atoms with Crippen LogP contribution in [0.25, 0.3) is 0 Å². The molecule has 48 heavy (non-hydrogen) atoms. The normalized spacial score (nSPS) is 10.3. The summed E-state index contributed by atoms with van der Waals surface area (Å²) >= 11 is 0. The van der Waals surface area contributed by atoms with Gasteiger partial charge in [-0.15, -0.1) is 0 Å². The van der Waals surface area contributed by atoms with Crippen LogP contribution in [0.1, 0.15) is 132 Å². The topological polar surface area (TPSA) is 105 Å². The third-order valence-corrected chi connectivity index (χ3v) is 7.40. The lowest BCUT2D eigenvalue weighted by Gasteiger charge is -2.10. The number of hydrogen-bond acceptors (Lipinski definition) is 8. The highest BCUT2D eigenvalue weighted by Crippen LogP contribution is 2.14. The van der Waals surface area contributed by atoms with Crippen LogP contribution in [0.3, 0.4) is 0 Å². The van der Waals surface area contributed by atoms with Gasteiger partial charge in [-0.3, -0.25) is 0 Å². The molecule has 0 bridgehead atoms. The number of esters is 4. The van der Waals surface area contributed by atoms with Crippen LogP contribution in [0.2, 0.25) is 0 Å². The molecule has 0 aliphatic carbocycles. The second kappa shape index (κ2) is 25.6. The minimum absolute atomic E-state index is 0.0340. The fraction of sp³-hybridized carbons (Fsp3) is 0.450. The van der Waals surface area contributed by atoms with Gasteiger partial charge in [0.25, 0.3) is 0 Å². The Kier molecular flexibility index (Phi) is 21.2. The predicted molar refractivity (Wildman–Crippen MR) is 187 cm³/mol. The average molecular weight is 661 g/mol. The zero-order valence-electron chi connectivity index (χ0n) is 28.7. The monoisotopic (exact) mass is 660 g/mol. The maximum Gasteiger partial charge on any atom is 0.339 e. The Morgan fingerprint density at radius 1 is 0.375 bits per heavy atom. The molecule has 8 nitrogen and oxygen atoms in total. The highest BCUT2D eigenvalue weighted by molar-refractivity contribution is 6.03. The lowest BCUT2D eigenvalue weighted by atomic mass is 10.1. The van der Waals surface area contributed by atoms with Crippen molar-refractivity contribution < 1.29 is 38.1 Å². The van der Waals surface area contributed by atoms with Crippen molar-refractivity contribution in [1.29, 1.82) is 0 Å². The van der Waals surface area contributed by atoms with Crippen LogP contribution in [0.5, 0.6) is 0 Å². The van der Waals surface area contributed by atoms with Gasteiger partial charge >= 0.3 is 23.9 Å². The summed E-state index contributed by atoms with van der Waals surface area (Å²) < 4.78 is 20.7. The molecular formula is C40H52O8. The summed E-state index contributed by atoms with van der Waals surface area (Å²) in [5.41, 5.74) is 1.53. The molecule has 0 saturated heterocycles. The number of unbranched alkanes of at least 4 members (excludes halogenated alkanes) is 10. The highest BCUT2D eigenvalue weighted by atomic mass is 16.6. The van der Waals surface area contributed by atoms with Gasteiger partial charge < -0.3 is 18.9 Å².